The van der Waals surface area contributed by atoms with Crippen molar-refractivity contribution < 1.29 is 18.3 Å². The van der Waals surface area contributed by atoms with Crippen molar-refractivity contribution in [3.05, 3.63) is 57.6 Å². The standard InChI is InChI=1S/C25H26F3N3O2/c1-12-23-18(9-19(26)24(12)30-6-5-14(11-30)13(2)29)17(10-22(32)31(23)16-3-4-16)15-7-20(27)25(33)21(28)8-15/h7-10,13-14,16,33H,3-6,11,29H2,1-2H3/t13-,14?/m0/s1. The van der Waals surface area contributed by atoms with Crippen LogP contribution >= 0.6 is 0 Å². The van der Waals surface area contributed by atoms with Gasteiger partial charge < -0.3 is 20.3 Å². The lowest BCUT2D eigenvalue weighted by Crippen LogP contribution is -2.30. The van der Waals surface area contributed by atoms with Gasteiger partial charge in [0.2, 0.25) is 0 Å². The molecule has 1 aliphatic heterocycles. The third-order valence-corrected chi connectivity index (χ3v) is 7.02. The minimum Gasteiger partial charge on any atom is -0.503 e. The molecule has 2 aliphatic rings. The number of nitrogens with two attached hydrogens (primary N) is 1. The Morgan fingerprint density at radius 3 is 2.30 bits per heavy atom. The number of rotatable bonds is 4. The molecule has 1 aromatic heterocycles. The first-order valence-corrected chi connectivity index (χ1v) is 11.2. The SMILES string of the molecule is Cc1c(N2CCC([C@H](C)N)C2)c(F)cc2c(-c3cc(F)c(O)c(F)c3)cc(=O)n(C3CC3)c12. The first-order chi connectivity index (χ1) is 15.7. The van der Waals surface area contributed by atoms with Gasteiger partial charge >= 0.3 is 0 Å². The van der Waals surface area contributed by atoms with E-state index in [1.807, 2.05) is 11.8 Å². The van der Waals surface area contributed by atoms with E-state index in [-0.39, 0.29) is 34.7 Å². The molecule has 5 rings (SSSR count). The van der Waals surface area contributed by atoms with Crippen LogP contribution in [0.3, 0.4) is 0 Å². The molecule has 1 saturated heterocycles. The highest BCUT2D eigenvalue weighted by Crippen LogP contribution is 2.43. The molecule has 3 N–H and O–H groups in total. The van der Waals surface area contributed by atoms with Crippen LogP contribution in [0.4, 0.5) is 18.9 Å². The molecule has 3 aromatic rings. The molecule has 1 unspecified atom stereocenters. The van der Waals surface area contributed by atoms with Crippen molar-refractivity contribution in [3.63, 3.8) is 0 Å². The number of pyridine rings is 1. The summed E-state index contributed by atoms with van der Waals surface area (Å²) in [6, 6.07) is 4.59. The Morgan fingerprint density at radius 2 is 1.73 bits per heavy atom. The van der Waals surface area contributed by atoms with E-state index in [0.717, 1.165) is 31.4 Å². The lowest BCUT2D eigenvalue weighted by molar-refractivity contribution is 0.396. The second-order valence-electron chi connectivity index (χ2n) is 9.37. The summed E-state index contributed by atoms with van der Waals surface area (Å²) in [5.74, 6) is -3.57. The molecule has 1 saturated carbocycles. The summed E-state index contributed by atoms with van der Waals surface area (Å²) in [5.41, 5.74) is 7.71. The van der Waals surface area contributed by atoms with Gasteiger partial charge in [0.25, 0.3) is 5.56 Å². The van der Waals surface area contributed by atoms with Gasteiger partial charge in [0.05, 0.1) is 11.2 Å². The van der Waals surface area contributed by atoms with E-state index in [1.54, 1.807) is 11.5 Å². The molecule has 2 heterocycles. The van der Waals surface area contributed by atoms with Crippen LogP contribution in [0.15, 0.2) is 29.1 Å². The average Bonchev–Trinajstić information content (AvgIpc) is 3.47. The first-order valence-electron chi connectivity index (χ1n) is 11.2. The molecular formula is C25H26F3N3O2. The van der Waals surface area contributed by atoms with Crippen molar-refractivity contribution in [2.45, 2.75) is 45.2 Å². The summed E-state index contributed by atoms with van der Waals surface area (Å²) in [7, 11) is 0. The van der Waals surface area contributed by atoms with Crippen LogP contribution in [0.5, 0.6) is 5.75 Å². The van der Waals surface area contributed by atoms with Gasteiger partial charge in [-0.25, -0.2) is 13.2 Å². The Labute approximate surface area is 189 Å². The zero-order valence-electron chi connectivity index (χ0n) is 18.5. The number of hydrogen-bond acceptors (Lipinski definition) is 4. The molecule has 0 spiro atoms. The van der Waals surface area contributed by atoms with E-state index >= 15 is 4.39 Å². The van der Waals surface area contributed by atoms with Crippen molar-refractivity contribution in [2.75, 3.05) is 18.0 Å². The van der Waals surface area contributed by atoms with Crippen molar-refractivity contribution in [2.24, 2.45) is 11.7 Å². The number of phenols is 1. The number of phenolic OH excluding ortho intramolecular Hbond substituents is 1. The van der Waals surface area contributed by atoms with Gasteiger partial charge in [-0.1, -0.05) is 0 Å². The van der Waals surface area contributed by atoms with Crippen LogP contribution in [0.2, 0.25) is 0 Å². The number of benzene rings is 2. The average molecular weight is 457 g/mol. The van der Waals surface area contributed by atoms with E-state index in [1.165, 1.54) is 12.1 Å². The Kier molecular flexibility index (Phi) is 5.16. The second-order valence-corrected chi connectivity index (χ2v) is 9.37. The van der Waals surface area contributed by atoms with Crippen LogP contribution in [0, 0.1) is 30.3 Å². The number of aromatic hydroxyl groups is 1. The smallest absolute Gasteiger partial charge is 0.251 e. The number of aromatic nitrogens is 1. The predicted molar refractivity (Wildman–Crippen MR) is 122 cm³/mol. The molecular weight excluding hydrogens is 431 g/mol. The molecule has 2 fully saturated rings. The Bertz CT molecular complexity index is 1310. The minimum atomic E-state index is -1.14. The maximum atomic E-state index is 15.6. The topological polar surface area (TPSA) is 71.5 Å². The van der Waals surface area contributed by atoms with Crippen LogP contribution in [0.1, 0.15) is 37.8 Å². The Balaban J connectivity index is 1.77. The monoisotopic (exact) mass is 457 g/mol. The fraction of sp³-hybridized carbons (Fsp3) is 0.400. The fourth-order valence-corrected chi connectivity index (χ4v) is 5.12. The maximum absolute atomic E-state index is 15.6. The van der Waals surface area contributed by atoms with Crippen molar-refractivity contribution in [3.8, 4) is 16.9 Å². The molecule has 0 radical (unpaired) electrons. The summed E-state index contributed by atoms with van der Waals surface area (Å²) in [5, 5.41) is 9.90. The summed E-state index contributed by atoms with van der Waals surface area (Å²) < 4.78 is 45.5. The molecule has 0 amide bonds. The number of nitrogens with zero attached hydrogens (tertiary/aromatic N) is 2. The molecule has 2 atom stereocenters. The lowest BCUT2D eigenvalue weighted by atomic mass is 9.97. The third kappa shape index (κ3) is 3.57. The van der Waals surface area contributed by atoms with Crippen LogP contribution in [0.25, 0.3) is 22.0 Å². The van der Waals surface area contributed by atoms with Gasteiger partial charge in [0.1, 0.15) is 5.82 Å². The van der Waals surface area contributed by atoms with Crippen molar-refractivity contribution in [1.82, 2.24) is 4.57 Å². The van der Waals surface area contributed by atoms with E-state index < -0.39 is 23.2 Å². The minimum absolute atomic E-state index is 0.00522. The van der Waals surface area contributed by atoms with Gasteiger partial charge in [-0.3, -0.25) is 4.79 Å². The first kappa shape index (κ1) is 21.8. The Morgan fingerprint density at radius 1 is 1.06 bits per heavy atom. The van der Waals surface area contributed by atoms with Crippen LogP contribution in [-0.2, 0) is 0 Å². The summed E-state index contributed by atoms with van der Waals surface area (Å²) in [6.45, 7) is 5.03. The summed E-state index contributed by atoms with van der Waals surface area (Å²) in [4.78, 5) is 15.1. The molecule has 174 valence electrons. The predicted octanol–water partition coefficient (Wildman–Crippen LogP) is 4.61. The summed E-state index contributed by atoms with van der Waals surface area (Å²) in [6.07, 6.45) is 2.55. The van der Waals surface area contributed by atoms with E-state index in [2.05, 4.69) is 0 Å². The molecule has 1 aliphatic carbocycles. The molecule has 2 aromatic carbocycles. The van der Waals surface area contributed by atoms with E-state index in [9.17, 15) is 18.7 Å². The molecule has 5 nitrogen and oxygen atoms in total. The Hall–Kier alpha value is -3.00. The van der Waals surface area contributed by atoms with Gasteiger partial charge in [-0.2, -0.15) is 0 Å². The number of fused-ring (bicyclic) bond motifs is 1. The van der Waals surface area contributed by atoms with Crippen LogP contribution < -0.4 is 16.2 Å². The number of anilines is 1. The van der Waals surface area contributed by atoms with E-state index in [0.29, 0.717) is 35.2 Å². The van der Waals surface area contributed by atoms with Crippen molar-refractivity contribution in [1.29, 1.82) is 0 Å². The second kappa shape index (κ2) is 7.80. The van der Waals surface area contributed by atoms with E-state index in [4.69, 9.17) is 5.73 Å². The normalized spacial score (nSPS) is 19.5. The zero-order chi connectivity index (χ0) is 23.6. The van der Waals surface area contributed by atoms with Gasteiger partial charge in [0.15, 0.2) is 17.4 Å². The largest absolute Gasteiger partial charge is 0.503 e. The van der Waals surface area contributed by atoms with Gasteiger partial charge in [-0.15, -0.1) is 0 Å². The van der Waals surface area contributed by atoms with Gasteiger partial charge in [0, 0.05) is 36.6 Å². The summed E-state index contributed by atoms with van der Waals surface area (Å²) >= 11 is 0. The molecule has 8 heteroatoms. The number of hydrogen-bond donors (Lipinski definition) is 2. The third-order valence-electron chi connectivity index (χ3n) is 7.02. The molecule has 0 bridgehead atoms. The number of aryl methyl sites for hydroxylation is 1. The highest BCUT2D eigenvalue weighted by molar-refractivity contribution is 5.99. The maximum Gasteiger partial charge on any atom is 0.251 e. The fourth-order valence-electron chi connectivity index (χ4n) is 5.12. The molecule has 33 heavy (non-hydrogen) atoms. The highest BCUT2D eigenvalue weighted by Gasteiger charge is 2.32. The van der Waals surface area contributed by atoms with Gasteiger partial charge in [-0.05, 0) is 73.9 Å². The number of halogens is 3. The lowest BCUT2D eigenvalue weighted by Gasteiger charge is -2.25. The quantitative estimate of drug-likeness (QED) is 0.600. The zero-order valence-corrected chi connectivity index (χ0v) is 18.5. The van der Waals surface area contributed by atoms with Crippen LogP contribution in [-0.4, -0.2) is 28.8 Å². The highest BCUT2D eigenvalue weighted by atomic mass is 19.1. The van der Waals surface area contributed by atoms with Crippen molar-refractivity contribution >= 4 is 16.6 Å².